The van der Waals surface area contributed by atoms with E-state index in [2.05, 4.69) is 20.7 Å². The van der Waals surface area contributed by atoms with Crippen LogP contribution in [0.5, 0.6) is 0 Å². The van der Waals surface area contributed by atoms with Crippen LogP contribution in [0.15, 0.2) is 18.2 Å². The summed E-state index contributed by atoms with van der Waals surface area (Å²) in [5.41, 5.74) is -0.180. The predicted molar refractivity (Wildman–Crippen MR) is 80.5 cm³/mol. The highest BCUT2D eigenvalue weighted by atomic mass is 19.1. The molecule has 2 amide bonds. The predicted octanol–water partition coefficient (Wildman–Crippen LogP) is 0.153. The van der Waals surface area contributed by atoms with Gasteiger partial charge in [-0.25, -0.2) is 8.78 Å². The van der Waals surface area contributed by atoms with E-state index in [1.807, 2.05) is 0 Å². The highest BCUT2D eigenvalue weighted by molar-refractivity contribution is 5.89. The molecule has 0 aliphatic carbocycles. The molecule has 8 nitrogen and oxygen atoms in total. The molecular formula is C15H16F2N6O2. The minimum atomic E-state index is -0.713. The zero-order valence-corrected chi connectivity index (χ0v) is 13.4. The van der Waals surface area contributed by atoms with Gasteiger partial charge in [-0.15, -0.1) is 10.2 Å². The number of aromatic nitrogens is 4. The molecule has 0 spiro atoms. The number of nitrogens with zero attached hydrogens (tertiary/aromatic N) is 5. The number of hydrogen-bond donors (Lipinski definition) is 1. The molecule has 0 saturated carbocycles. The Morgan fingerprint density at radius 1 is 1.36 bits per heavy atom. The van der Waals surface area contributed by atoms with Crippen LogP contribution in [0.2, 0.25) is 0 Å². The first-order chi connectivity index (χ1) is 11.9. The molecule has 132 valence electrons. The summed E-state index contributed by atoms with van der Waals surface area (Å²) in [6, 6.07) is 3.53. The van der Waals surface area contributed by atoms with Gasteiger partial charge in [-0.1, -0.05) is 6.07 Å². The highest BCUT2D eigenvalue weighted by Gasteiger charge is 2.35. The van der Waals surface area contributed by atoms with Crippen LogP contribution in [0.4, 0.5) is 8.78 Å². The van der Waals surface area contributed by atoms with Crippen molar-refractivity contribution in [2.75, 3.05) is 6.54 Å². The number of halogens is 2. The van der Waals surface area contributed by atoms with Gasteiger partial charge in [-0.2, -0.15) is 4.80 Å². The molecule has 10 heteroatoms. The third kappa shape index (κ3) is 3.78. The molecule has 1 aromatic carbocycles. The lowest BCUT2D eigenvalue weighted by Gasteiger charge is -2.17. The number of hydrogen-bond acceptors (Lipinski definition) is 5. The maximum atomic E-state index is 13.7. The standard InChI is InChI=1S/C15H16F2N6O2/c1-22-20-13(19-21-22)6-18-15(25)9-5-14(24)23(7-9)8-10-11(16)3-2-4-12(10)17/h2-4,9H,5-8H2,1H3,(H,18,25). The molecule has 3 rings (SSSR count). The summed E-state index contributed by atoms with van der Waals surface area (Å²) < 4.78 is 27.4. The van der Waals surface area contributed by atoms with E-state index in [9.17, 15) is 18.4 Å². The van der Waals surface area contributed by atoms with E-state index in [0.717, 1.165) is 12.1 Å². The van der Waals surface area contributed by atoms with Crippen molar-refractivity contribution in [1.29, 1.82) is 0 Å². The van der Waals surface area contributed by atoms with Gasteiger partial charge in [-0.3, -0.25) is 9.59 Å². The summed E-state index contributed by atoms with van der Waals surface area (Å²) in [6.07, 6.45) is -0.00416. The first-order valence-corrected chi connectivity index (χ1v) is 7.65. The van der Waals surface area contributed by atoms with Crippen LogP contribution < -0.4 is 5.32 Å². The van der Waals surface area contributed by atoms with Crippen molar-refractivity contribution in [2.24, 2.45) is 13.0 Å². The zero-order valence-electron chi connectivity index (χ0n) is 13.4. The molecular weight excluding hydrogens is 334 g/mol. The third-order valence-electron chi connectivity index (χ3n) is 3.97. The van der Waals surface area contributed by atoms with E-state index in [4.69, 9.17) is 0 Å². The van der Waals surface area contributed by atoms with Crippen LogP contribution in [0.3, 0.4) is 0 Å². The molecule has 2 heterocycles. The van der Waals surface area contributed by atoms with Gasteiger partial charge in [0.2, 0.25) is 11.8 Å². The normalized spacial score (nSPS) is 17.2. The van der Waals surface area contributed by atoms with Gasteiger partial charge in [-0.05, 0) is 17.3 Å². The second kappa shape index (κ2) is 6.91. The number of aryl methyl sites for hydroxylation is 1. The fraction of sp³-hybridized carbons (Fsp3) is 0.400. The summed E-state index contributed by atoms with van der Waals surface area (Å²) in [7, 11) is 1.60. The zero-order chi connectivity index (χ0) is 18.0. The lowest BCUT2D eigenvalue weighted by molar-refractivity contribution is -0.129. The Hall–Kier alpha value is -2.91. The quantitative estimate of drug-likeness (QED) is 0.829. The number of carbonyl (C=O) groups is 2. The number of amides is 2. The topological polar surface area (TPSA) is 93.0 Å². The van der Waals surface area contributed by atoms with Gasteiger partial charge in [0.1, 0.15) is 11.6 Å². The second-order valence-electron chi connectivity index (χ2n) is 5.79. The van der Waals surface area contributed by atoms with Crippen LogP contribution in [0.1, 0.15) is 17.8 Å². The van der Waals surface area contributed by atoms with Gasteiger partial charge in [0, 0.05) is 18.5 Å². The van der Waals surface area contributed by atoms with Gasteiger partial charge < -0.3 is 10.2 Å². The molecule has 25 heavy (non-hydrogen) atoms. The van der Waals surface area contributed by atoms with Crippen LogP contribution in [0, 0.1) is 17.6 Å². The molecule has 1 aliphatic heterocycles. The Morgan fingerprint density at radius 3 is 2.72 bits per heavy atom. The van der Waals surface area contributed by atoms with Crippen molar-refractivity contribution < 1.29 is 18.4 Å². The highest BCUT2D eigenvalue weighted by Crippen LogP contribution is 2.22. The Labute approximate surface area is 141 Å². The summed E-state index contributed by atoms with van der Waals surface area (Å²) in [6.45, 7) is -0.00151. The number of rotatable bonds is 5. The number of tetrazole rings is 1. The van der Waals surface area contributed by atoms with Crippen LogP contribution in [0.25, 0.3) is 0 Å². The van der Waals surface area contributed by atoms with Crippen LogP contribution in [-0.4, -0.2) is 43.5 Å². The third-order valence-corrected chi connectivity index (χ3v) is 3.97. The Kier molecular flexibility index (Phi) is 4.68. The van der Waals surface area contributed by atoms with Crippen molar-refractivity contribution >= 4 is 11.8 Å². The summed E-state index contributed by atoms with van der Waals surface area (Å²) in [5, 5.41) is 14.0. The number of likely N-dealkylation sites (tertiary alicyclic amines) is 1. The molecule has 2 aromatic rings. The second-order valence-corrected chi connectivity index (χ2v) is 5.79. The Morgan fingerprint density at radius 2 is 2.08 bits per heavy atom. The van der Waals surface area contributed by atoms with Crippen molar-refractivity contribution in [3.63, 3.8) is 0 Å². The average molecular weight is 350 g/mol. The van der Waals surface area contributed by atoms with E-state index in [0.29, 0.717) is 5.82 Å². The Balaban J connectivity index is 1.59. The molecule has 1 atom stereocenters. The summed E-state index contributed by atoms with van der Waals surface area (Å²) >= 11 is 0. The van der Waals surface area contributed by atoms with Crippen molar-refractivity contribution in [3.05, 3.63) is 41.2 Å². The summed E-state index contributed by atoms with van der Waals surface area (Å²) in [5.74, 6) is -2.31. The average Bonchev–Trinajstić information content (AvgIpc) is 3.15. The van der Waals surface area contributed by atoms with Crippen LogP contribution >= 0.6 is 0 Å². The van der Waals surface area contributed by atoms with Crippen LogP contribution in [-0.2, 0) is 29.7 Å². The Bertz CT molecular complexity index is 789. The van der Waals surface area contributed by atoms with E-state index in [1.54, 1.807) is 7.05 Å². The fourth-order valence-corrected chi connectivity index (χ4v) is 2.68. The lowest BCUT2D eigenvalue weighted by atomic mass is 10.1. The molecule has 1 saturated heterocycles. The first kappa shape index (κ1) is 16.9. The fourth-order valence-electron chi connectivity index (χ4n) is 2.68. The number of benzene rings is 1. The van der Waals surface area contributed by atoms with Gasteiger partial charge >= 0.3 is 0 Å². The largest absolute Gasteiger partial charge is 0.348 e. The number of carbonyl (C=O) groups excluding carboxylic acids is 2. The van der Waals surface area contributed by atoms with E-state index in [-0.39, 0.29) is 43.4 Å². The van der Waals surface area contributed by atoms with E-state index in [1.165, 1.54) is 15.8 Å². The molecule has 0 bridgehead atoms. The molecule has 1 unspecified atom stereocenters. The van der Waals surface area contributed by atoms with Gasteiger partial charge in [0.05, 0.1) is 26.1 Å². The molecule has 0 radical (unpaired) electrons. The van der Waals surface area contributed by atoms with E-state index < -0.39 is 17.6 Å². The minimum absolute atomic E-state index is 0.00416. The van der Waals surface area contributed by atoms with Gasteiger partial charge in [0.15, 0.2) is 5.82 Å². The van der Waals surface area contributed by atoms with Crippen molar-refractivity contribution in [3.8, 4) is 0 Å². The number of nitrogens with one attached hydrogen (secondary N) is 1. The minimum Gasteiger partial charge on any atom is -0.348 e. The molecule has 1 aromatic heterocycles. The molecule has 1 fully saturated rings. The molecule has 1 N–H and O–H groups in total. The SMILES string of the molecule is Cn1nnc(CNC(=O)C2CC(=O)N(Cc3c(F)cccc3F)C2)n1. The van der Waals surface area contributed by atoms with Gasteiger partial charge in [0.25, 0.3) is 0 Å². The van der Waals surface area contributed by atoms with Crippen molar-refractivity contribution in [2.45, 2.75) is 19.5 Å². The first-order valence-electron chi connectivity index (χ1n) is 7.65. The summed E-state index contributed by atoms with van der Waals surface area (Å²) in [4.78, 5) is 26.8. The van der Waals surface area contributed by atoms with Crippen molar-refractivity contribution in [1.82, 2.24) is 30.4 Å². The maximum absolute atomic E-state index is 13.7. The lowest BCUT2D eigenvalue weighted by Crippen LogP contribution is -2.33. The smallest absolute Gasteiger partial charge is 0.225 e. The maximum Gasteiger partial charge on any atom is 0.225 e. The monoisotopic (exact) mass is 350 g/mol. The van der Waals surface area contributed by atoms with E-state index >= 15 is 0 Å². The molecule has 1 aliphatic rings.